The molecular weight excluding hydrogens is 385 g/mol. The lowest BCUT2D eigenvalue weighted by atomic mass is 10.1. The van der Waals surface area contributed by atoms with Gasteiger partial charge in [0.2, 0.25) is 5.95 Å². The lowest BCUT2D eigenvalue weighted by Crippen LogP contribution is -2.45. The van der Waals surface area contributed by atoms with Crippen LogP contribution in [0.2, 0.25) is 0 Å². The summed E-state index contributed by atoms with van der Waals surface area (Å²) in [5.74, 6) is 0.585. The smallest absolute Gasteiger partial charge is 0.338 e. The second-order valence-electron chi connectivity index (χ2n) is 6.98. The molecule has 2 amide bonds. The molecule has 0 bridgehead atoms. The van der Waals surface area contributed by atoms with Crippen molar-refractivity contribution in [1.29, 1.82) is 0 Å². The van der Waals surface area contributed by atoms with E-state index in [0.29, 0.717) is 23.0 Å². The highest BCUT2D eigenvalue weighted by atomic mass is 19.4. The number of rotatable bonds is 3. The van der Waals surface area contributed by atoms with Crippen LogP contribution in [0.15, 0.2) is 24.3 Å². The van der Waals surface area contributed by atoms with Crippen molar-refractivity contribution in [1.82, 2.24) is 14.9 Å². The van der Waals surface area contributed by atoms with Crippen LogP contribution in [0.1, 0.15) is 17.0 Å². The van der Waals surface area contributed by atoms with Crippen LogP contribution in [-0.4, -0.2) is 54.1 Å². The number of nitrogens with one attached hydrogen (secondary N) is 2. The van der Waals surface area contributed by atoms with E-state index in [4.69, 9.17) is 0 Å². The maximum absolute atomic E-state index is 13.1. The molecule has 156 valence electrons. The van der Waals surface area contributed by atoms with E-state index in [0.717, 1.165) is 32.2 Å². The number of aryl methyl sites for hydroxylation is 2. The van der Waals surface area contributed by atoms with Gasteiger partial charge in [0.15, 0.2) is 0 Å². The minimum Gasteiger partial charge on any atom is -0.338 e. The number of hydrogen-bond acceptors (Lipinski definition) is 5. The van der Waals surface area contributed by atoms with E-state index in [1.807, 2.05) is 0 Å². The van der Waals surface area contributed by atoms with Crippen molar-refractivity contribution in [2.24, 2.45) is 0 Å². The number of para-hydroxylation sites is 1. The van der Waals surface area contributed by atoms with Gasteiger partial charge in [-0.2, -0.15) is 13.2 Å². The van der Waals surface area contributed by atoms with Gasteiger partial charge in [0.05, 0.1) is 28.3 Å². The largest absolute Gasteiger partial charge is 0.418 e. The second kappa shape index (κ2) is 8.24. The topological polar surface area (TPSA) is 73.4 Å². The normalized spacial score (nSPS) is 15.3. The molecule has 3 rings (SSSR count). The van der Waals surface area contributed by atoms with E-state index in [1.54, 1.807) is 13.8 Å². The number of aromatic nitrogens is 2. The first kappa shape index (κ1) is 20.8. The molecule has 2 aromatic rings. The number of urea groups is 1. The third-order valence-corrected chi connectivity index (χ3v) is 4.76. The van der Waals surface area contributed by atoms with Gasteiger partial charge < -0.3 is 20.4 Å². The number of hydrogen-bond donors (Lipinski definition) is 2. The summed E-state index contributed by atoms with van der Waals surface area (Å²) < 4.78 is 39.3. The summed E-state index contributed by atoms with van der Waals surface area (Å²) in [5, 5.41) is 4.84. The Morgan fingerprint density at radius 2 is 1.59 bits per heavy atom. The molecule has 1 saturated heterocycles. The summed E-state index contributed by atoms with van der Waals surface area (Å²) in [4.78, 5) is 25.6. The second-order valence-corrected chi connectivity index (χ2v) is 6.98. The van der Waals surface area contributed by atoms with Crippen LogP contribution in [-0.2, 0) is 6.18 Å². The Morgan fingerprint density at radius 1 is 1.00 bits per heavy atom. The number of amides is 2. The van der Waals surface area contributed by atoms with Gasteiger partial charge >= 0.3 is 12.2 Å². The number of benzene rings is 1. The molecule has 1 aromatic carbocycles. The molecule has 1 fully saturated rings. The molecule has 0 saturated carbocycles. The molecule has 0 spiro atoms. The average Bonchev–Trinajstić information content (AvgIpc) is 2.64. The number of halogens is 3. The van der Waals surface area contributed by atoms with Crippen LogP contribution < -0.4 is 15.5 Å². The molecule has 10 heteroatoms. The minimum atomic E-state index is -4.57. The van der Waals surface area contributed by atoms with Crippen LogP contribution in [0, 0.1) is 13.8 Å². The van der Waals surface area contributed by atoms with Crippen molar-refractivity contribution in [3.05, 3.63) is 41.2 Å². The number of likely N-dealkylation sites (N-methyl/N-ethyl adjacent to an activating group) is 1. The van der Waals surface area contributed by atoms with E-state index in [9.17, 15) is 18.0 Å². The van der Waals surface area contributed by atoms with Gasteiger partial charge in [-0.15, -0.1) is 0 Å². The zero-order valence-electron chi connectivity index (χ0n) is 16.5. The molecule has 0 atom stereocenters. The molecule has 29 heavy (non-hydrogen) atoms. The van der Waals surface area contributed by atoms with Crippen molar-refractivity contribution in [2.75, 3.05) is 48.8 Å². The van der Waals surface area contributed by atoms with Crippen LogP contribution in [0.5, 0.6) is 0 Å². The Balaban J connectivity index is 1.75. The zero-order chi connectivity index (χ0) is 21.2. The predicted octanol–water partition coefficient (Wildman–Crippen LogP) is 3.51. The van der Waals surface area contributed by atoms with Crippen molar-refractivity contribution < 1.29 is 18.0 Å². The number of nitrogens with zero attached hydrogens (tertiary/aromatic N) is 4. The van der Waals surface area contributed by atoms with E-state index in [1.165, 1.54) is 18.2 Å². The van der Waals surface area contributed by atoms with E-state index < -0.39 is 17.8 Å². The van der Waals surface area contributed by atoms with E-state index >= 15 is 0 Å². The van der Waals surface area contributed by atoms with Crippen LogP contribution in [0.3, 0.4) is 0 Å². The van der Waals surface area contributed by atoms with Gasteiger partial charge in [0.1, 0.15) is 0 Å². The van der Waals surface area contributed by atoms with Crippen LogP contribution in [0.25, 0.3) is 0 Å². The summed E-state index contributed by atoms with van der Waals surface area (Å²) in [6.07, 6.45) is -4.57. The third-order valence-electron chi connectivity index (χ3n) is 4.76. The van der Waals surface area contributed by atoms with Crippen molar-refractivity contribution >= 4 is 23.4 Å². The van der Waals surface area contributed by atoms with Gasteiger partial charge in [-0.1, -0.05) is 12.1 Å². The number of anilines is 3. The van der Waals surface area contributed by atoms with E-state index in [-0.39, 0.29) is 5.69 Å². The highest BCUT2D eigenvalue weighted by Gasteiger charge is 2.33. The van der Waals surface area contributed by atoms with Gasteiger partial charge in [-0.25, -0.2) is 14.8 Å². The SMILES string of the molecule is Cc1nc(N2CCN(C)CC2)nc(C)c1NC(=O)Nc1ccccc1C(F)(F)F. The Bertz CT molecular complexity index is 871. The van der Waals surface area contributed by atoms with Crippen LogP contribution in [0.4, 0.5) is 35.3 Å². The quantitative estimate of drug-likeness (QED) is 0.813. The fraction of sp³-hybridized carbons (Fsp3) is 0.421. The number of carbonyl (C=O) groups excluding carboxylic acids is 1. The van der Waals surface area contributed by atoms with Crippen molar-refractivity contribution in [3.63, 3.8) is 0 Å². The highest BCUT2D eigenvalue weighted by Crippen LogP contribution is 2.34. The van der Waals surface area contributed by atoms with Gasteiger partial charge in [-0.05, 0) is 33.0 Å². The first-order valence-corrected chi connectivity index (χ1v) is 9.18. The minimum absolute atomic E-state index is 0.317. The van der Waals surface area contributed by atoms with E-state index in [2.05, 4.69) is 37.4 Å². The Morgan fingerprint density at radius 3 is 2.17 bits per heavy atom. The number of alkyl halides is 3. The molecule has 0 radical (unpaired) electrons. The molecule has 0 unspecified atom stereocenters. The maximum Gasteiger partial charge on any atom is 0.418 e. The average molecular weight is 408 g/mol. The van der Waals surface area contributed by atoms with Crippen LogP contribution >= 0.6 is 0 Å². The molecule has 2 heterocycles. The van der Waals surface area contributed by atoms with Gasteiger partial charge in [0.25, 0.3) is 0 Å². The standard InChI is InChI=1S/C19H23F3N6O/c1-12-16(13(2)24-17(23-12)28-10-8-27(3)9-11-28)26-18(29)25-15-7-5-4-6-14(15)19(20,21)22/h4-7H,8-11H2,1-3H3,(H2,25,26,29). The monoisotopic (exact) mass is 408 g/mol. The maximum atomic E-state index is 13.1. The highest BCUT2D eigenvalue weighted by molar-refractivity contribution is 6.01. The first-order chi connectivity index (χ1) is 13.6. The third kappa shape index (κ3) is 4.94. The fourth-order valence-electron chi connectivity index (χ4n) is 3.13. The lowest BCUT2D eigenvalue weighted by molar-refractivity contribution is -0.136. The molecule has 7 nitrogen and oxygen atoms in total. The molecule has 1 aliphatic rings. The van der Waals surface area contributed by atoms with Crippen molar-refractivity contribution in [3.8, 4) is 0 Å². The Hall–Kier alpha value is -2.88. The van der Waals surface area contributed by atoms with Gasteiger partial charge in [-0.3, -0.25) is 0 Å². The lowest BCUT2D eigenvalue weighted by Gasteiger charge is -2.32. The molecule has 1 aromatic heterocycles. The Kier molecular flexibility index (Phi) is 5.92. The zero-order valence-corrected chi connectivity index (χ0v) is 16.5. The number of piperazine rings is 1. The molecular formula is C19H23F3N6O. The summed E-state index contributed by atoms with van der Waals surface area (Å²) in [5.41, 5.74) is 0.245. The fourth-order valence-corrected chi connectivity index (χ4v) is 3.13. The first-order valence-electron chi connectivity index (χ1n) is 9.18. The van der Waals surface area contributed by atoms with Gasteiger partial charge in [0, 0.05) is 26.2 Å². The summed E-state index contributed by atoms with van der Waals surface area (Å²) in [6.45, 7) is 6.87. The summed E-state index contributed by atoms with van der Waals surface area (Å²) in [6, 6.07) is 4.03. The molecule has 0 aliphatic carbocycles. The molecule has 1 aliphatic heterocycles. The molecule has 2 N–H and O–H groups in total. The summed E-state index contributed by atoms with van der Waals surface area (Å²) in [7, 11) is 2.05. The van der Waals surface area contributed by atoms with Crippen molar-refractivity contribution in [2.45, 2.75) is 20.0 Å². The summed E-state index contributed by atoms with van der Waals surface area (Å²) >= 11 is 0. The number of carbonyl (C=O) groups is 1. The predicted molar refractivity (Wildman–Crippen MR) is 105 cm³/mol. The Labute approximate surface area is 166 Å².